The number of thiazole rings is 1. The smallest absolute Gasteiger partial charge is 0.193 e. The van der Waals surface area contributed by atoms with Crippen LogP contribution in [-0.2, 0) is 6.54 Å². The van der Waals surface area contributed by atoms with E-state index in [4.69, 9.17) is 0 Å². The molecule has 1 fully saturated rings. The summed E-state index contributed by atoms with van der Waals surface area (Å²) in [6, 6.07) is 0. The maximum Gasteiger partial charge on any atom is 0.193 e. The van der Waals surface area contributed by atoms with Crippen LogP contribution in [0, 0.1) is 12.8 Å². The molecule has 0 spiro atoms. The van der Waals surface area contributed by atoms with Gasteiger partial charge in [0, 0.05) is 26.0 Å². The van der Waals surface area contributed by atoms with Crippen LogP contribution in [0.5, 0.6) is 0 Å². The van der Waals surface area contributed by atoms with E-state index in [-0.39, 0.29) is 0 Å². The first kappa shape index (κ1) is 18.2. The van der Waals surface area contributed by atoms with Gasteiger partial charge < -0.3 is 15.1 Å². The maximum atomic E-state index is 4.53. The Balaban J connectivity index is 1.70. The first-order valence-electron chi connectivity index (χ1n) is 8.67. The highest BCUT2D eigenvalue weighted by atomic mass is 32.1. The van der Waals surface area contributed by atoms with Crippen molar-refractivity contribution in [1.29, 1.82) is 0 Å². The SMILES string of the molecule is CCN1CCC(CCNC(=NC)N(C)Cc2csc(C)n2)CC1. The van der Waals surface area contributed by atoms with E-state index in [0.29, 0.717) is 0 Å². The molecule has 0 atom stereocenters. The Kier molecular flexibility index (Phi) is 7.30. The number of hydrogen-bond donors (Lipinski definition) is 1. The molecule has 2 rings (SSSR count). The molecule has 6 heteroatoms. The van der Waals surface area contributed by atoms with Gasteiger partial charge in [-0.1, -0.05) is 6.92 Å². The fourth-order valence-corrected chi connectivity index (χ4v) is 3.77. The first-order valence-corrected chi connectivity index (χ1v) is 9.55. The predicted octanol–water partition coefficient (Wildman–Crippen LogP) is 2.58. The van der Waals surface area contributed by atoms with Crippen LogP contribution in [0.25, 0.3) is 0 Å². The molecular formula is C17H31N5S. The predicted molar refractivity (Wildman–Crippen MR) is 99.1 cm³/mol. The Morgan fingerprint density at radius 2 is 2.22 bits per heavy atom. The van der Waals surface area contributed by atoms with Gasteiger partial charge in [0.05, 0.1) is 17.2 Å². The molecule has 0 aliphatic carbocycles. The van der Waals surface area contributed by atoms with Crippen LogP contribution in [0.1, 0.15) is 36.9 Å². The van der Waals surface area contributed by atoms with Crippen LogP contribution in [-0.4, -0.2) is 61.0 Å². The second kappa shape index (κ2) is 9.23. The van der Waals surface area contributed by atoms with E-state index < -0.39 is 0 Å². The molecule has 1 aromatic heterocycles. The Morgan fingerprint density at radius 3 is 2.78 bits per heavy atom. The minimum atomic E-state index is 0.804. The lowest BCUT2D eigenvalue weighted by Gasteiger charge is -2.31. The van der Waals surface area contributed by atoms with Gasteiger partial charge in [0.15, 0.2) is 5.96 Å². The van der Waals surface area contributed by atoms with Crippen LogP contribution in [0.3, 0.4) is 0 Å². The number of piperidine rings is 1. The molecule has 1 aromatic rings. The number of aliphatic imine (C=N–C) groups is 1. The second-order valence-corrected chi connectivity index (χ2v) is 7.42. The zero-order valence-corrected chi connectivity index (χ0v) is 15.8. The van der Waals surface area contributed by atoms with Gasteiger partial charge in [0.2, 0.25) is 0 Å². The Labute approximate surface area is 144 Å². The van der Waals surface area contributed by atoms with Crippen molar-refractivity contribution in [2.45, 2.75) is 39.7 Å². The third kappa shape index (κ3) is 5.77. The van der Waals surface area contributed by atoms with Crippen molar-refractivity contribution in [2.75, 3.05) is 40.3 Å². The van der Waals surface area contributed by atoms with Gasteiger partial charge in [0.25, 0.3) is 0 Å². The van der Waals surface area contributed by atoms with Gasteiger partial charge in [0.1, 0.15) is 0 Å². The van der Waals surface area contributed by atoms with Gasteiger partial charge in [-0.3, -0.25) is 4.99 Å². The molecule has 0 radical (unpaired) electrons. The van der Waals surface area contributed by atoms with E-state index >= 15 is 0 Å². The molecule has 1 N–H and O–H groups in total. The molecule has 23 heavy (non-hydrogen) atoms. The molecule has 0 bridgehead atoms. The van der Waals surface area contributed by atoms with Crippen LogP contribution in [0.15, 0.2) is 10.4 Å². The fourth-order valence-electron chi connectivity index (χ4n) is 3.16. The largest absolute Gasteiger partial charge is 0.356 e. The summed E-state index contributed by atoms with van der Waals surface area (Å²) in [7, 11) is 3.93. The number of nitrogens with one attached hydrogen (secondary N) is 1. The third-order valence-corrected chi connectivity index (χ3v) is 5.45. The van der Waals surface area contributed by atoms with Gasteiger partial charge >= 0.3 is 0 Å². The molecule has 2 heterocycles. The minimum absolute atomic E-state index is 0.804. The molecule has 0 aromatic carbocycles. The molecule has 0 unspecified atom stereocenters. The highest BCUT2D eigenvalue weighted by Gasteiger charge is 2.18. The van der Waals surface area contributed by atoms with E-state index in [1.807, 2.05) is 14.0 Å². The van der Waals surface area contributed by atoms with Gasteiger partial charge in [-0.25, -0.2) is 4.98 Å². The molecular weight excluding hydrogens is 306 g/mol. The number of likely N-dealkylation sites (tertiary alicyclic amines) is 1. The lowest BCUT2D eigenvalue weighted by atomic mass is 9.93. The number of rotatable bonds is 6. The summed E-state index contributed by atoms with van der Waals surface area (Å²) in [6.45, 7) is 9.83. The van der Waals surface area contributed by atoms with E-state index in [1.165, 1.54) is 38.9 Å². The second-order valence-electron chi connectivity index (χ2n) is 6.35. The van der Waals surface area contributed by atoms with Crippen molar-refractivity contribution in [1.82, 2.24) is 20.1 Å². The minimum Gasteiger partial charge on any atom is -0.356 e. The maximum absolute atomic E-state index is 4.53. The Morgan fingerprint density at radius 1 is 1.48 bits per heavy atom. The van der Waals surface area contributed by atoms with Gasteiger partial charge in [-0.15, -0.1) is 11.3 Å². The van der Waals surface area contributed by atoms with E-state index in [1.54, 1.807) is 11.3 Å². The van der Waals surface area contributed by atoms with Crippen LogP contribution < -0.4 is 5.32 Å². The summed E-state index contributed by atoms with van der Waals surface area (Å²) in [5.74, 6) is 1.82. The van der Waals surface area contributed by atoms with E-state index in [0.717, 1.165) is 35.7 Å². The molecule has 130 valence electrons. The van der Waals surface area contributed by atoms with Crippen molar-refractivity contribution in [2.24, 2.45) is 10.9 Å². The van der Waals surface area contributed by atoms with E-state index in [2.05, 4.69) is 44.4 Å². The number of aryl methyl sites for hydroxylation is 1. The fraction of sp³-hybridized carbons (Fsp3) is 0.765. The number of hydrogen-bond acceptors (Lipinski definition) is 4. The molecule has 1 aliphatic rings. The molecule has 5 nitrogen and oxygen atoms in total. The highest BCUT2D eigenvalue weighted by Crippen LogP contribution is 2.19. The summed E-state index contributed by atoms with van der Waals surface area (Å²) in [6.07, 6.45) is 3.91. The van der Waals surface area contributed by atoms with Crippen LogP contribution >= 0.6 is 11.3 Å². The summed E-state index contributed by atoms with van der Waals surface area (Å²) < 4.78 is 0. The lowest BCUT2D eigenvalue weighted by Crippen LogP contribution is -2.40. The molecule has 1 saturated heterocycles. The van der Waals surface area contributed by atoms with Crippen LogP contribution in [0.4, 0.5) is 0 Å². The monoisotopic (exact) mass is 337 g/mol. The number of aromatic nitrogens is 1. The Bertz CT molecular complexity index is 491. The number of guanidine groups is 1. The molecule has 0 saturated carbocycles. The van der Waals surface area contributed by atoms with Crippen molar-refractivity contribution >= 4 is 17.3 Å². The van der Waals surface area contributed by atoms with Crippen molar-refractivity contribution in [3.8, 4) is 0 Å². The van der Waals surface area contributed by atoms with Crippen molar-refractivity contribution < 1.29 is 0 Å². The molecule has 1 aliphatic heterocycles. The first-order chi connectivity index (χ1) is 11.1. The topological polar surface area (TPSA) is 43.8 Å². The van der Waals surface area contributed by atoms with E-state index in [9.17, 15) is 0 Å². The highest BCUT2D eigenvalue weighted by molar-refractivity contribution is 7.09. The summed E-state index contributed by atoms with van der Waals surface area (Å²) in [5, 5.41) is 6.75. The number of nitrogens with zero attached hydrogens (tertiary/aromatic N) is 4. The zero-order chi connectivity index (χ0) is 16.7. The summed E-state index contributed by atoms with van der Waals surface area (Å²) in [5.41, 5.74) is 1.12. The van der Waals surface area contributed by atoms with Gasteiger partial charge in [-0.2, -0.15) is 0 Å². The average molecular weight is 338 g/mol. The third-order valence-electron chi connectivity index (χ3n) is 4.63. The van der Waals surface area contributed by atoms with Crippen molar-refractivity contribution in [3.05, 3.63) is 16.1 Å². The summed E-state index contributed by atoms with van der Waals surface area (Å²) in [4.78, 5) is 13.6. The Hall–Kier alpha value is -1.14. The quantitative estimate of drug-likeness (QED) is 0.640. The van der Waals surface area contributed by atoms with Crippen molar-refractivity contribution in [3.63, 3.8) is 0 Å². The average Bonchev–Trinajstić information content (AvgIpc) is 2.97. The lowest BCUT2D eigenvalue weighted by molar-refractivity contribution is 0.187. The molecule has 0 amide bonds. The zero-order valence-electron chi connectivity index (χ0n) is 15.0. The standard InChI is InChI=1S/C17H31N5S/c1-5-22-10-7-15(8-11-22)6-9-19-17(18-3)21(4)12-16-13-23-14(2)20-16/h13,15H,5-12H2,1-4H3,(H,18,19). The summed E-state index contributed by atoms with van der Waals surface area (Å²) >= 11 is 1.70. The van der Waals surface area contributed by atoms with Crippen LogP contribution in [0.2, 0.25) is 0 Å². The van der Waals surface area contributed by atoms with Gasteiger partial charge in [-0.05, 0) is 51.7 Å². The normalized spacial score (nSPS) is 17.5.